The number of piperidine rings is 1. The number of hydrogen-bond acceptors (Lipinski definition) is 5. The first kappa shape index (κ1) is 21.9. The summed E-state index contributed by atoms with van der Waals surface area (Å²) in [6, 6.07) is 5.84. The fourth-order valence-corrected chi connectivity index (χ4v) is 3.94. The van der Waals surface area contributed by atoms with E-state index in [-0.39, 0.29) is 18.4 Å². The Morgan fingerprint density at radius 1 is 1.27 bits per heavy atom. The van der Waals surface area contributed by atoms with Crippen molar-refractivity contribution in [2.24, 2.45) is 5.92 Å². The molecule has 0 spiro atoms. The molecule has 0 unspecified atom stereocenters. The molecule has 0 aromatic carbocycles. The lowest BCUT2D eigenvalue weighted by Gasteiger charge is -2.33. The lowest BCUT2D eigenvalue weighted by atomic mass is 9.93. The van der Waals surface area contributed by atoms with Crippen molar-refractivity contribution in [3.63, 3.8) is 0 Å². The lowest BCUT2D eigenvalue weighted by molar-refractivity contribution is -0.134. The quantitative estimate of drug-likeness (QED) is 0.662. The zero-order valence-electron chi connectivity index (χ0n) is 18.3. The minimum absolute atomic E-state index is 0.0755. The molecule has 1 fully saturated rings. The van der Waals surface area contributed by atoms with Gasteiger partial charge in [0.25, 0.3) is 0 Å². The number of nitrogens with zero attached hydrogens (tertiary/aromatic N) is 6. The van der Waals surface area contributed by atoms with E-state index >= 15 is 0 Å². The molecule has 3 rings (SSSR count). The molecular weight excluding hydrogens is 380 g/mol. The van der Waals surface area contributed by atoms with Gasteiger partial charge in [0.15, 0.2) is 0 Å². The van der Waals surface area contributed by atoms with Crippen molar-refractivity contribution in [1.29, 1.82) is 0 Å². The van der Waals surface area contributed by atoms with Gasteiger partial charge >= 0.3 is 0 Å². The maximum absolute atomic E-state index is 12.7. The molecule has 0 bridgehead atoms. The van der Waals surface area contributed by atoms with Gasteiger partial charge in [-0.05, 0) is 51.2 Å². The maximum atomic E-state index is 12.7. The van der Waals surface area contributed by atoms with Crippen LogP contribution in [-0.4, -0.2) is 68.0 Å². The standard InChI is InChI=1S/C22H32N6O2/c1-17-24-18(2)28(25-17)16-22(30)27-13-6-7-19(15-27)9-10-21(29)26(3)14-11-20-8-4-5-12-23-20/h4-5,8,12,19H,6-7,9-11,13-16H2,1-3H3/t19-/m1/s1. The summed E-state index contributed by atoms with van der Waals surface area (Å²) in [5.41, 5.74) is 0.997. The highest BCUT2D eigenvalue weighted by molar-refractivity contribution is 5.76. The Kier molecular flexibility index (Phi) is 7.54. The Balaban J connectivity index is 1.42. The second-order valence-corrected chi connectivity index (χ2v) is 8.14. The predicted molar refractivity (Wildman–Crippen MR) is 114 cm³/mol. The number of rotatable bonds is 8. The maximum Gasteiger partial charge on any atom is 0.244 e. The summed E-state index contributed by atoms with van der Waals surface area (Å²) in [5.74, 6) is 2.04. The summed E-state index contributed by atoms with van der Waals surface area (Å²) in [6.07, 6.45) is 5.92. The van der Waals surface area contributed by atoms with Crippen LogP contribution in [0.3, 0.4) is 0 Å². The Hall–Kier alpha value is -2.77. The Bertz CT molecular complexity index is 851. The number of hydrogen-bond donors (Lipinski definition) is 0. The molecule has 3 heterocycles. The number of carbonyl (C=O) groups excluding carboxylic acids is 2. The molecule has 1 atom stereocenters. The SMILES string of the molecule is Cc1nc(C)n(CC(=O)N2CCC[C@H](CCC(=O)N(C)CCc3ccccn3)C2)n1. The highest BCUT2D eigenvalue weighted by Crippen LogP contribution is 2.22. The largest absolute Gasteiger partial charge is 0.345 e. The first-order valence-electron chi connectivity index (χ1n) is 10.7. The Morgan fingerprint density at radius 3 is 2.80 bits per heavy atom. The molecule has 1 saturated heterocycles. The van der Waals surface area contributed by atoms with Crippen molar-refractivity contribution in [2.75, 3.05) is 26.7 Å². The van der Waals surface area contributed by atoms with E-state index in [1.54, 1.807) is 15.8 Å². The topological polar surface area (TPSA) is 84.2 Å². The first-order chi connectivity index (χ1) is 14.4. The molecule has 2 aromatic heterocycles. The van der Waals surface area contributed by atoms with Gasteiger partial charge in [-0.15, -0.1) is 0 Å². The van der Waals surface area contributed by atoms with Crippen LogP contribution in [0.1, 0.15) is 43.0 Å². The van der Waals surface area contributed by atoms with E-state index in [1.807, 2.05) is 44.0 Å². The normalized spacial score (nSPS) is 16.5. The Labute approximate surface area is 178 Å². The second kappa shape index (κ2) is 10.3. The van der Waals surface area contributed by atoms with Gasteiger partial charge in [-0.25, -0.2) is 9.67 Å². The van der Waals surface area contributed by atoms with Crippen LogP contribution in [0, 0.1) is 19.8 Å². The van der Waals surface area contributed by atoms with E-state index in [4.69, 9.17) is 0 Å². The molecule has 1 aliphatic heterocycles. The van der Waals surface area contributed by atoms with Crippen LogP contribution < -0.4 is 0 Å². The van der Waals surface area contributed by atoms with Crippen LogP contribution in [0.5, 0.6) is 0 Å². The highest BCUT2D eigenvalue weighted by Gasteiger charge is 2.25. The molecule has 8 heteroatoms. The molecule has 2 amide bonds. The van der Waals surface area contributed by atoms with Gasteiger partial charge in [-0.1, -0.05) is 6.07 Å². The monoisotopic (exact) mass is 412 g/mol. The lowest BCUT2D eigenvalue weighted by Crippen LogP contribution is -2.42. The van der Waals surface area contributed by atoms with Crippen LogP contribution >= 0.6 is 0 Å². The summed E-state index contributed by atoms with van der Waals surface area (Å²) in [5, 5.41) is 4.29. The van der Waals surface area contributed by atoms with Gasteiger partial charge in [-0.2, -0.15) is 5.10 Å². The molecule has 0 aliphatic carbocycles. The van der Waals surface area contributed by atoms with Gasteiger partial charge in [-0.3, -0.25) is 14.6 Å². The first-order valence-corrected chi connectivity index (χ1v) is 10.7. The summed E-state index contributed by atoms with van der Waals surface area (Å²) < 4.78 is 1.67. The smallest absolute Gasteiger partial charge is 0.244 e. The summed E-state index contributed by atoms with van der Waals surface area (Å²) >= 11 is 0. The van der Waals surface area contributed by atoms with Gasteiger partial charge in [0.2, 0.25) is 11.8 Å². The zero-order valence-corrected chi connectivity index (χ0v) is 18.3. The van der Waals surface area contributed by atoms with E-state index < -0.39 is 0 Å². The minimum atomic E-state index is 0.0755. The molecule has 1 aliphatic rings. The number of amides is 2. The van der Waals surface area contributed by atoms with Gasteiger partial charge in [0.05, 0.1) is 0 Å². The number of aromatic nitrogens is 4. The molecule has 2 aromatic rings. The van der Waals surface area contributed by atoms with Crippen molar-refractivity contribution < 1.29 is 9.59 Å². The average Bonchev–Trinajstić information content (AvgIpc) is 3.07. The van der Waals surface area contributed by atoms with E-state index in [1.165, 1.54) is 0 Å². The van der Waals surface area contributed by atoms with Crippen molar-refractivity contribution in [1.82, 2.24) is 29.5 Å². The fourth-order valence-electron chi connectivity index (χ4n) is 3.94. The van der Waals surface area contributed by atoms with Gasteiger partial charge in [0.1, 0.15) is 18.2 Å². The third-order valence-electron chi connectivity index (χ3n) is 5.74. The molecule has 0 saturated carbocycles. The van der Waals surface area contributed by atoms with Crippen LogP contribution in [0.2, 0.25) is 0 Å². The molecule has 0 radical (unpaired) electrons. The number of aryl methyl sites for hydroxylation is 2. The van der Waals surface area contributed by atoms with E-state index in [9.17, 15) is 9.59 Å². The molecule has 0 N–H and O–H groups in total. The second-order valence-electron chi connectivity index (χ2n) is 8.14. The highest BCUT2D eigenvalue weighted by atomic mass is 16.2. The summed E-state index contributed by atoms with van der Waals surface area (Å²) in [7, 11) is 1.85. The van der Waals surface area contributed by atoms with E-state index in [0.717, 1.165) is 50.3 Å². The fraction of sp³-hybridized carbons (Fsp3) is 0.591. The predicted octanol–water partition coefficient (Wildman–Crippen LogP) is 2.01. The number of likely N-dealkylation sites (tertiary alicyclic amines) is 1. The van der Waals surface area contributed by atoms with Gasteiger partial charge < -0.3 is 9.80 Å². The third kappa shape index (κ3) is 6.11. The van der Waals surface area contributed by atoms with Crippen LogP contribution in [0.15, 0.2) is 24.4 Å². The van der Waals surface area contributed by atoms with Crippen LogP contribution in [0.4, 0.5) is 0 Å². The van der Waals surface area contributed by atoms with Crippen LogP contribution in [0.25, 0.3) is 0 Å². The molecule has 162 valence electrons. The van der Waals surface area contributed by atoms with Crippen molar-refractivity contribution in [2.45, 2.75) is 52.5 Å². The van der Waals surface area contributed by atoms with Crippen molar-refractivity contribution >= 4 is 11.8 Å². The Morgan fingerprint density at radius 2 is 2.10 bits per heavy atom. The zero-order chi connectivity index (χ0) is 21.5. The van der Waals surface area contributed by atoms with E-state index in [2.05, 4.69) is 15.1 Å². The minimum Gasteiger partial charge on any atom is -0.345 e. The van der Waals surface area contributed by atoms with Gasteiger partial charge in [0, 0.05) is 51.4 Å². The van der Waals surface area contributed by atoms with Crippen LogP contribution in [-0.2, 0) is 22.6 Å². The summed E-state index contributed by atoms with van der Waals surface area (Å²) in [4.78, 5) is 37.5. The summed E-state index contributed by atoms with van der Waals surface area (Å²) in [6.45, 7) is 6.09. The molecular formula is C22H32N6O2. The number of likely N-dealkylation sites (N-methyl/N-ethyl adjacent to an activating group) is 1. The van der Waals surface area contributed by atoms with Crippen molar-refractivity contribution in [3.05, 3.63) is 41.7 Å². The molecule has 8 nitrogen and oxygen atoms in total. The van der Waals surface area contributed by atoms with E-state index in [0.29, 0.717) is 24.7 Å². The third-order valence-corrected chi connectivity index (χ3v) is 5.74. The number of pyridine rings is 1. The average molecular weight is 413 g/mol. The van der Waals surface area contributed by atoms with Crippen molar-refractivity contribution in [3.8, 4) is 0 Å². The molecule has 30 heavy (non-hydrogen) atoms. The number of carbonyl (C=O) groups is 2.